The maximum Gasteiger partial charge on any atom is 0.160 e. The molecule has 1 N–H and O–H groups in total. The third-order valence-electron chi connectivity index (χ3n) is 2.83. The van der Waals surface area contributed by atoms with Gasteiger partial charge in [-0.3, -0.25) is 0 Å². The van der Waals surface area contributed by atoms with Gasteiger partial charge in [-0.25, -0.2) is 9.97 Å². The van der Waals surface area contributed by atoms with Gasteiger partial charge in [-0.15, -0.1) is 0 Å². The van der Waals surface area contributed by atoms with Crippen LogP contribution < -0.4 is 5.32 Å². The molecular weight excluding hydrogens is 302 g/mol. The summed E-state index contributed by atoms with van der Waals surface area (Å²) in [5, 5.41) is 3.34. The van der Waals surface area contributed by atoms with Crippen LogP contribution in [0, 0.1) is 6.92 Å². The molecule has 1 aromatic carbocycles. The van der Waals surface area contributed by atoms with Crippen LogP contribution in [-0.4, -0.2) is 16.5 Å². The maximum atomic E-state index is 4.44. The third-order valence-corrected chi connectivity index (χ3v) is 3.48. The van der Waals surface area contributed by atoms with Gasteiger partial charge >= 0.3 is 0 Å². The van der Waals surface area contributed by atoms with Crippen molar-refractivity contribution in [3.8, 4) is 11.4 Å². The summed E-state index contributed by atoms with van der Waals surface area (Å²) < 4.78 is 1.03. The molecule has 0 bridgehead atoms. The Morgan fingerprint density at radius 1 is 1.21 bits per heavy atom. The Labute approximate surface area is 122 Å². The molecule has 2 aromatic rings. The fourth-order valence-corrected chi connectivity index (χ4v) is 2.47. The van der Waals surface area contributed by atoms with Gasteiger partial charge < -0.3 is 5.32 Å². The first kappa shape index (κ1) is 14.2. The van der Waals surface area contributed by atoms with Crippen LogP contribution in [0.25, 0.3) is 11.4 Å². The lowest BCUT2D eigenvalue weighted by atomic mass is 10.1. The normalized spacial score (nSPS) is 10.7. The van der Waals surface area contributed by atoms with E-state index in [-0.39, 0.29) is 0 Å². The van der Waals surface area contributed by atoms with Crippen molar-refractivity contribution in [1.82, 2.24) is 15.3 Å². The average molecular weight is 320 g/mol. The summed E-state index contributed by atoms with van der Waals surface area (Å²) in [6.45, 7) is 6.06. The first-order valence-corrected chi connectivity index (χ1v) is 7.28. The van der Waals surface area contributed by atoms with Gasteiger partial charge in [0.15, 0.2) is 5.82 Å². The van der Waals surface area contributed by atoms with Crippen molar-refractivity contribution in [2.24, 2.45) is 0 Å². The van der Waals surface area contributed by atoms with Crippen LogP contribution in [0.1, 0.15) is 24.5 Å². The molecule has 4 heteroatoms. The summed E-state index contributed by atoms with van der Waals surface area (Å²) in [6.07, 6.45) is 4.91. The van der Waals surface area contributed by atoms with Crippen molar-refractivity contribution >= 4 is 15.9 Å². The van der Waals surface area contributed by atoms with Gasteiger partial charge in [0, 0.05) is 34.5 Å². The molecule has 2 rings (SSSR count). The summed E-state index contributed by atoms with van der Waals surface area (Å²) in [6, 6.07) is 6.19. The number of benzene rings is 1. The second-order valence-corrected chi connectivity index (χ2v) is 5.43. The molecule has 0 aliphatic rings. The molecule has 0 aliphatic heterocycles. The Morgan fingerprint density at radius 2 is 1.95 bits per heavy atom. The second kappa shape index (κ2) is 6.78. The van der Waals surface area contributed by atoms with Gasteiger partial charge in [0.2, 0.25) is 0 Å². The van der Waals surface area contributed by atoms with Gasteiger partial charge in [-0.05, 0) is 37.6 Å². The highest BCUT2D eigenvalue weighted by Crippen LogP contribution is 2.26. The van der Waals surface area contributed by atoms with E-state index in [9.17, 15) is 0 Å². The summed E-state index contributed by atoms with van der Waals surface area (Å²) in [5.74, 6) is 0.756. The van der Waals surface area contributed by atoms with Crippen LogP contribution in [0.5, 0.6) is 0 Å². The maximum absolute atomic E-state index is 4.44. The lowest BCUT2D eigenvalue weighted by molar-refractivity contribution is 0.672. The van der Waals surface area contributed by atoms with E-state index in [2.05, 4.69) is 57.2 Å². The van der Waals surface area contributed by atoms with Gasteiger partial charge in [0.1, 0.15) is 0 Å². The van der Waals surface area contributed by atoms with Gasteiger partial charge in [-0.1, -0.05) is 28.9 Å². The number of aryl methyl sites for hydroxylation is 1. The van der Waals surface area contributed by atoms with E-state index >= 15 is 0 Å². The monoisotopic (exact) mass is 319 g/mol. The number of nitrogens with one attached hydrogen (secondary N) is 1. The van der Waals surface area contributed by atoms with E-state index in [1.807, 2.05) is 18.5 Å². The van der Waals surface area contributed by atoms with Crippen LogP contribution in [0.4, 0.5) is 0 Å². The highest BCUT2D eigenvalue weighted by molar-refractivity contribution is 9.10. The third kappa shape index (κ3) is 3.85. The minimum Gasteiger partial charge on any atom is -0.313 e. The number of hydrogen-bond acceptors (Lipinski definition) is 3. The predicted molar refractivity (Wildman–Crippen MR) is 81.9 cm³/mol. The smallest absolute Gasteiger partial charge is 0.160 e. The summed E-state index contributed by atoms with van der Waals surface area (Å²) in [4.78, 5) is 8.87. The molecule has 100 valence electrons. The molecular formula is C15H18BrN3. The SMILES string of the molecule is CCCNCc1cnc(-c2ccc(C)cc2Br)nc1. The highest BCUT2D eigenvalue weighted by atomic mass is 79.9. The zero-order valence-corrected chi connectivity index (χ0v) is 12.9. The van der Waals surface area contributed by atoms with Gasteiger partial charge in [0.05, 0.1) is 0 Å². The molecule has 1 heterocycles. The molecule has 0 saturated carbocycles. The van der Waals surface area contributed by atoms with Crippen molar-refractivity contribution in [1.29, 1.82) is 0 Å². The molecule has 0 fully saturated rings. The number of aromatic nitrogens is 2. The molecule has 0 spiro atoms. The second-order valence-electron chi connectivity index (χ2n) is 4.57. The van der Waals surface area contributed by atoms with Crippen molar-refractivity contribution in [3.05, 3.63) is 46.2 Å². The molecule has 0 unspecified atom stereocenters. The molecule has 0 aliphatic carbocycles. The largest absolute Gasteiger partial charge is 0.313 e. The van der Waals surface area contributed by atoms with E-state index in [1.165, 1.54) is 5.56 Å². The predicted octanol–water partition coefficient (Wildman–Crippen LogP) is 3.71. The first-order valence-electron chi connectivity index (χ1n) is 6.49. The fourth-order valence-electron chi connectivity index (χ4n) is 1.80. The minimum absolute atomic E-state index is 0.756. The topological polar surface area (TPSA) is 37.8 Å². The molecule has 0 radical (unpaired) electrons. The zero-order chi connectivity index (χ0) is 13.7. The highest BCUT2D eigenvalue weighted by Gasteiger charge is 2.06. The van der Waals surface area contributed by atoms with Gasteiger partial charge in [0.25, 0.3) is 0 Å². The molecule has 1 aromatic heterocycles. The Kier molecular flexibility index (Phi) is 5.05. The molecule has 19 heavy (non-hydrogen) atoms. The Balaban J connectivity index is 2.13. The molecule has 0 amide bonds. The molecule has 0 saturated heterocycles. The summed E-state index contributed by atoms with van der Waals surface area (Å²) >= 11 is 3.56. The van der Waals surface area contributed by atoms with Crippen LogP contribution in [0.2, 0.25) is 0 Å². The lowest BCUT2D eigenvalue weighted by Gasteiger charge is -2.06. The quantitative estimate of drug-likeness (QED) is 0.854. The van der Waals surface area contributed by atoms with Crippen molar-refractivity contribution < 1.29 is 0 Å². The van der Waals surface area contributed by atoms with Crippen molar-refractivity contribution in [2.45, 2.75) is 26.8 Å². The Morgan fingerprint density at radius 3 is 2.58 bits per heavy atom. The fraction of sp³-hybridized carbons (Fsp3) is 0.333. The van der Waals surface area contributed by atoms with Crippen LogP contribution >= 0.6 is 15.9 Å². The van der Waals surface area contributed by atoms with Gasteiger partial charge in [-0.2, -0.15) is 0 Å². The number of rotatable bonds is 5. The van der Waals surface area contributed by atoms with Crippen LogP contribution in [0.15, 0.2) is 35.1 Å². The first-order chi connectivity index (χ1) is 9.20. The number of hydrogen-bond donors (Lipinski definition) is 1. The Hall–Kier alpha value is -1.26. The van der Waals surface area contributed by atoms with Crippen LogP contribution in [-0.2, 0) is 6.54 Å². The average Bonchev–Trinajstić information content (AvgIpc) is 2.40. The Bertz CT molecular complexity index is 538. The van der Waals surface area contributed by atoms with E-state index < -0.39 is 0 Å². The lowest BCUT2D eigenvalue weighted by Crippen LogP contribution is -2.14. The standard InChI is InChI=1S/C15H18BrN3/c1-3-6-17-8-12-9-18-15(19-10-12)13-5-4-11(2)7-14(13)16/h4-5,7,9-10,17H,3,6,8H2,1-2H3. The number of halogens is 1. The summed E-state index contributed by atoms with van der Waals surface area (Å²) in [7, 11) is 0. The van der Waals surface area contributed by atoms with Crippen LogP contribution in [0.3, 0.4) is 0 Å². The summed E-state index contributed by atoms with van der Waals surface area (Å²) in [5.41, 5.74) is 3.36. The minimum atomic E-state index is 0.756. The van der Waals surface area contributed by atoms with E-state index in [0.717, 1.165) is 40.9 Å². The van der Waals surface area contributed by atoms with Crippen molar-refractivity contribution in [2.75, 3.05) is 6.54 Å². The van der Waals surface area contributed by atoms with Crippen molar-refractivity contribution in [3.63, 3.8) is 0 Å². The van der Waals surface area contributed by atoms with E-state index in [4.69, 9.17) is 0 Å². The van der Waals surface area contributed by atoms with E-state index in [0.29, 0.717) is 0 Å². The van der Waals surface area contributed by atoms with E-state index in [1.54, 1.807) is 0 Å². The number of nitrogens with zero attached hydrogens (tertiary/aromatic N) is 2. The molecule has 0 atom stereocenters. The molecule has 3 nitrogen and oxygen atoms in total. The zero-order valence-electron chi connectivity index (χ0n) is 11.3.